The molecule has 164 valence electrons. The average Bonchev–Trinajstić information content (AvgIpc) is 2.80. The molecule has 0 saturated carbocycles. The van der Waals surface area contributed by atoms with Gasteiger partial charge in [-0.15, -0.1) is 0 Å². The smallest absolute Gasteiger partial charge is 0.257 e. The first-order valence-electron chi connectivity index (χ1n) is 9.97. The Kier molecular flexibility index (Phi) is 8.83. The molecule has 3 aromatic carbocycles. The van der Waals surface area contributed by atoms with Gasteiger partial charge in [-0.1, -0.05) is 43.0 Å². The molecular formula is C25H23BrN2O3S. The van der Waals surface area contributed by atoms with Crippen LogP contribution in [0.25, 0.3) is 0 Å². The molecule has 0 aliphatic carbocycles. The van der Waals surface area contributed by atoms with Gasteiger partial charge in [0.05, 0.1) is 11.1 Å². The molecule has 0 fully saturated rings. The van der Waals surface area contributed by atoms with Crippen molar-refractivity contribution in [1.29, 1.82) is 0 Å². The number of nitrogens with one attached hydrogen (secondary N) is 2. The van der Waals surface area contributed by atoms with E-state index in [0.717, 1.165) is 17.9 Å². The summed E-state index contributed by atoms with van der Waals surface area (Å²) < 4.78 is 12.0. The van der Waals surface area contributed by atoms with E-state index in [1.54, 1.807) is 24.3 Å². The van der Waals surface area contributed by atoms with Crippen molar-refractivity contribution in [2.45, 2.75) is 6.42 Å². The van der Waals surface area contributed by atoms with Crippen molar-refractivity contribution in [2.75, 3.05) is 18.5 Å². The molecule has 0 aliphatic rings. The predicted molar refractivity (Wildman–Crippen MR) is 136 cm³/mol. The van der Waals surface area contributed by atoms with Gasteiger partial charge in [-0.3, -0.25) is 10.1 Å². The highest BCUT2D eigenvalue weighted by Crippen LogP contribution is 2.26. The van der Waals surface area contributed by atoms with Gasteiger partial charge in [0, 0.05) is 17.7 Å². The summed E-state index contributed by atoms with van der Waals surface area (Å²) in [4.78, 5) is 12.6. The molecule has 0 unspecified atom stereocenters. The Balaban J connectivity index is 1.50. The van der Waals surface area contributed by atoms with Crippen LogP contribution < -0.4 is 20.1 Å². The number of anilines is 1. The quantitative estimate of drug-likeness (QED) is 0.283. The standard InChI is InChI=1S/C25H23BrN2O3S/c1-2-15-30-21-11-9-20(10-12-21)27-25(32)28-24(29)19-8-13-23(22(26)17-19)31-16-14-18-6-4-3-5-7-18/h2-13,17H,1,14-16H2,(H2,27,28,29,32). The predicted octanol–water partition coefficient (Wildman–Crippen LogP) is 5.76. The van der Waals surface area contributed by atoms with Gasteiger partial charge in [0.25, 0.3) is 5.91 Å². The van der Waals surface area contributed by atoms with Crippen LogP contribution in [0.4, 0.5) is 5.69 Å². The van der Waals surface area contributed by atoms with Crippen molar-refractivity contribution < 1.29 is 14.3 Å². The summed E-state index contributed by atoms with van der Waals surface area (Å²) in [5.74, 6) is 1.09. The zero-order chi connectivity index (χ0) is 22.8. The normalized spacial score (nSPS) is 10.2. The van der Waals surface area contributed by atoms with E-state index in [9.17, 15) is 4.79 Å². The Morgan fingerprint density at radius 3 is 2.47 bits per heavy atom. The molecule has 0 aromatic heterocycles. The number of carbonyl (C=O) groups excluding carboxylic acids is 1. The third-order valence-corrected chi connectivity index (χ3v) is 5.22. The van der Waals surface area contributed by atoms with Crippen LogP contribution in [-0.2, 0) is 6.42 Å². The molecule has 32 heavy (non-hydrogen) atoms. The second-order valence-corrected chi connectivity index (χ2v) is 8.02. The summed E-state index contributed by atoms with van der Waals surface area (Å²) in [5, 5.41) is 5.87. The van der Waals surface area contributed by atoms with Crippen LogP contribution in [0.15, 0.2) is 89.9 Å². The summed E-state index contributed by atoms with van der Waals surface area (Å²) in [7, 11) is 0. The minimum Gasteiger partial charge on any atom is -0.492 e. The van der Waals surface area contributed by atoms with Crippen molar-refractivity contribution in [2.24, 2.45) is 0 Å². The fourth-order valence-electron chi connectivity index (χ4n) is 2.81. The van der Waals surface area contributed by atoms with Gasteiger partial charge in [0.1, 0.15) is 18.1 Å². The average molecular weight is 511 g/mol. The molecule has 0 spiro atoms. The van der Waals surface area contributed by atoms with E-state index in [0.29, 0.717) is 29.0 Å². The van der Waals surface area contributed by atoms with E-state index in [4.69, 9.17) is 21.7 Å². The Hall–Kier alpha value is -3.16. The second kappa shape index (κ2) is 12.0. The Bertz CT molecular complexity index is 1070. The van der Waals surface area contributed by atoms with Gasteiger partial charge < -0.3 is 14.8 Å². The molecule has 0 saturated heterocycles. The summed E-state index contributed by atoms with van der Waals surface area (Å²) in [6.07, 6.45) is 2.48. The summed E-state index contributed by atoms with van der Waals surface area (Å²) in [5.41, 5.74) is 2.41. The molecule has 1 amide bonds. The van der Waals surface area contributed by atoms with Gasteiger partial charge >= 0.3 is 0 Å². The van der Waals surface area contributed by atoms with E-state index in [-0.39, 0.29) is 11.0 Å². The van der Waals surface area contributed by atoms with Crippen LogP contribution >= 0.6 is 28.1 Å². The lowest BCUT2D eigenvalue weighted by Gasteiger charge is -2.12. The first-order chi connectivity index (χ1) is 15.5. The largest absolute Gasteiger partial charge is 0.492 e. The molecule has 3 rings (SSSR count). The minimum absolute atomic E-state index is 0.203. The van der Waals surface area contributed by atoms with Crippen LogP contribution in [0.5, 0.6) is 11.5 Å². The molecule has 0 aliphatic heterocycles. The van der Waals surface area contributed by atoms with Crippen molar-refractivity contribution in [3.8, 4) is 11.5 Å². The molecular weight excluding hydrogens is 488 g/mol. The molecule has 0 radical (unpaired) electrons. The lowest BCUT2D eigenvalue weighted by Crippen LogP contribution is -2.34. The molecule has 0 bridgehead atoms. The highest BCUT2D eigenvalue weighted by molar-refractivity contribution is 9.10. The number of thiocarbonyl (C=S) groups is 1. The Morgan fingerprint density at radius 1 is 1.03 bits per heavy atom. The molecule has 5 nitrogen and oxygen atoms in total. The van der Waals surface area contributed by atoms with Crippen LogP contribution in [0.1, 0.15) is 15.9 Å². The SMILES string of the molecule is C=CCOc1ccc(NC(=S)NC(=O)c2ccc(OCCc3ccccc3)c(Br)c2)cc1. The number of hydrogen-bond donors (Lipinski definition) is 2. The number of benzene rings is 3. The first kappa shape index (κ1) is 23.5. The number of ether oxygens (including phenoxy) is 2. The topological polar surface area (TPSA) is 59.6 Å². The first-order valence-corrected chi connectivity index (χ1v) is 11.2. The van der Waals surface area contributed by atoms with Crippen molar-refractivity contribution >= 4 is 44.9 Å². The van der Waals surface area contributed by atoms with E-state index in [1.807, 2.05) is 42.5 Å². The van der Waals surface area contributed by atoms with Crippen molar-refractivity contribution in [3.05, 3.63) is 101 Å². The molecule has 2 N–H and O–H groups in total. The maximum Gasteiger partial charge on any atom is 0.257 e. The third-order valence-electron chi connectivity index (χ3n) is 4.39. The van der Waals surface area contributed by atoms with Gasteiger partial charge in [0.15, 0.2) is 5.11 Å². The highest BCUT2D eigenvalue weighted by Gasteiger charge is 2.11. The maximum atomic E-state index is 12.6. The van der Waals surface area contributed by atoms with Gasteiger partial charge in [-0.05, 0) is 76.2 Å². The van der Waals surface area contributed by atoms with E-state index >= 15 is 0 Å². The summed E-state index contributed by atoms with van der Waals surface area (Å²) >= 11 is 8.73. The minimum atomic E-state index is -0.315. The Labute approximate surface area is 201 Å². The number of rotatable bonds is 9. The van der Waals surface area contributed by atoms with Crippen molar-refractivity contribution in [1.82, 2.24) is 5.32 Å². The van der Waals surface area contributed by atoms with Gasteiger partial charge in [0.2, 0.25) is 0 Å². The second-order valence-electron chi connectivity index (χ2n) is 6.76. The van der Waals surface area contributed by atoms with Crippen LogP contribution in [0.2, 0.25) is 0 Å². The van der Waals surface area contributed by atoms with Crippen LogP contribution in [0, 0.1) is 0 Å². The Morgan fingerprint density at radius 2 is 1.78 bits per heavy atom. The van der Waals surface area contributed by atoms with Crippen LogP contribution in [0.3, 0.4) is 0 Å². The number of hydrogen-bond acceptors (Lipinski definition) is 4. The number of carbonyl (C=O) groups is 1. The zero-order valence-corrected chi connectivity index (χ0v) is 19.7. The highest BCUT2D eigenvalue weighted by atomic mass is 79.9. The monoisotopic (exact) mass is 510 g/mol. The maximum absolute atomic E-state index is 12.6. The molecule has 3 aromatic rings. The fraction of sp³-hybridized carbons (Fsp3) is 0.120. The van der Waals surface area contributed by atoms with Gasteiger partial charge in [-0.25, -0.2) is 0 Å². The third kappa shape index (κ3) is 7.21. The van der Waals surface area contributed by atoms with E-state index in [1.165, 1.54) is 5.56 Å². The number of amides is 1. The van der Waals surface area contributed by atoms with Crippen molar-refractivity contribution in [3.63, 3.8) is 0 Å². The molecule has 0 heterocycles. The van der Waals surface area contributed by atoms with Gasteiger partial charge in [-0.2, -0.15) is 0 Å². The lowest BCUT2D eigenvalue weighted by molar-refractivity contribution is 0.0977. The fourth-order valence-corrected chi connectivity index (χ4v) is 3.51. The summed E-state index contributed by atoms with van der Waals surface area (Å²) in [6.45, 7) is 4.59. The lowest BCUT2D eigenvalue weighted by atomic mass is 10.2. The summed E-state index contributed by atoms with van der Waals surface area (Å²) in [6, 6.07) is 22.6. The van der Waals surface area contributed by atoms with E-state index < -0.39 is 0 Å². The van der Waals surface area contributed by atoms with Crippen LogP contribution in [-0.4, -0.2) is 24.2 Å². The molecule has 0 atom stereocenters. The van der Waals surface area contributed by atoms with E-state index in [2.05, 4.69) is 45.3 Å². The number of halogens is 1. The zero-order valence-electron chi connectivity index (χ0n) is 17.3. The molecule has 7 heteroatoms.